The van der Waals surface area contributed by atoms with E-state index in [9.17, 15) is 4.39 Å². The first-order chi connectivity index (χ1) is 8.09. The Hall–Kier alpha value is -2.43. The van der Waals surface area contributed by atoms with Crippen molar-refractivity contribution in [3.05, 3.63) is 47.9 Å². The van der Waals surface area contributed by atoms with E-state index in [2.05, 4.69) is 4.98 Å². The number of halogens is 1. The van der Waals surface area contributed by atoms with Gasteiger partial charge in [0.1, 0.15) is 17.3 Å². The van der Waals surface area contributed by atoms with Gasteiger partial charge in [-0.2, -0.15) is 0 Å². The Kier molecular flexibility index (Phi) is 2.74. The largest absolute Gasteiger partial charge is 0.398 e. The van der Waals surface area contributed by atoms with E-state index in [0.717, 1.165) is 0 Å². The number of hydrogen-bond donors (Lipinski definition) is 3. The van der Waals surface area contributed by atoms with E-state index in [0.29, 0.717) is 16.8 Å². The minimum absolute atomic E-state index is 0.152. The monoisotopic (exact) mass is 230 g/mol. The quantitative estimate of drug-likeness (QED) is 0.417. The molecule has 0 fully saturated rings. The first kappa shape index (κ1) is 11.1. The van der Waals surface area contributed by atoms with E-state index in [1.807, 2.05) is 0 Å². The lowest BCUT2D eigenvalue weighted by Gasteiger charge is -2.07. The summed E-state index contributed by atoms with van der Waals surface area (Å²) >= 11 is 0. The topological polar surface area (TPSA) is 88.8 Å². The molecule has 0 atom stereocenters. The zero-order valence-electron chi connectivity index (χ0n) is 8.94. The molecule has 0 spiro atoms. The molecule has 4 nitrogen and oxygen atoms in total. The molecule has 0 radical (unpaired) electrons. The van der Waals surface area contributed by atoms with Crippen LogP contribution in [0, 0.1) is 11.2 Å². The van der Waals surface area contributed by atoms with Gasteiger partial charge in [0.2, 0.25) is 0 Å². The van der Waals surface area contributed by atoms with Crippen molar-refractivity contribution >= 4 is 11.5 Å². The van der Waals surface area contributed by atoms with Gasteiger partial charge in [0.15, 0.2) is 0 Å². The molecule has 5 N–H and O–H groups in total. The molecule has 0 saturated carbocycles. The number of anilines is 1. The summed E-state index contributed by atoms with van der Waals surface area (Å²) in [5.41, 5.74) is 12.6. The van der Waals surface area contributed by atoms with Crippen LogP contribution < -0.4 is 11.5 Å². The summed E-state index contributed by atoms with van der Waals surface area (Å²) in [6.07, 6.45) is 1.50. The highest BCUT2D eigenvalue weighted by Crippen LogP contribution is 2.23. The van der Waals surface area contributed by atoms with Crippen LogP contribution in [0.2, 0.25) is 0 Å². The molecule has 1 heterocycles. The van der Waals surface area contributed by atoms with Crippen LogP contribution in [0.3, 0.4) is 0 Å². The van der Waals surface area contributed by atoms with Gasteiger partial charge in [-0.05, 0) is 24.3 Å². The van der Waals surface area contributed by atoms with Gasteiger partial charge in [-0.1, -0.05) is 6.07 Å². The first-order valence-corrected chi connectivity index (χ1v) is 4.94. The van der Waals surface area contributed by atoms with E-state index in [1.165, 1.54) is 18.3 Å². The fourth-order valence-electron chi connectivity index (χ4n) is 1.53. The Bertz CT molecular complexity index is 580. The average Bonchev–Trinajstić information content (AvgIpc) is 2.30. The summed E-state index contributed by atoms with van der Waals surface area (Å²) < 4.78 is 13.5. The third-order valence-corrected chi connectivity index (χ3v) is 2.38. The second-order valence-corrected chi connectivity index (χ2v) is 3.55. The molecule has 0 aliphatic heterocycles. The smallest absolute Gasteiger partial charge is 0.149 e. The number of pyridine rings is 1. The highest BCUT2D eigenvalue weighted by Gasteiger charge is 2.09. The minimum atomic E-state index is -0.424. The molecule has 17 heavy (non-hydrogen) atoms. The molecule has 0 saturated heterocycles. The van der Waals surface area contributed by atoms with E-state index in [4.69, 9.17) is 16.9 Å². The fraction of sp³-hybridized carbons (Fsp3) is 0. The number of nitrogen functional groups attached to an aromatic ring is 2. The molecule has 0 aliphatic carbocycles. The lowest BCUT2D eigenvalue weighted by molar-refractivity contribution is 0.626. The van der Waals surface area contributed by atoms with E-state index in [1.54, 1.807) is 18.2 Å². The lowest BCUT2D eigenvalue weighted by atomic mass is 10.0. The van der Waals surface area contributed by atoms with Crippen LogP contribution in [0.25, 0.3) is 11.3 Å². The van der Waals surface area contributed by atoms with Crippen molar-refractivity contribution in [1.29, 1.82) is 5.41 Å². The van der Waals surface area contributed by atoms with Crippen LogP contribution in [-0.4, -0.2) is 10.8 Å². The maximum atomic E-state index is 13.5. The molecule has 2 aromatic rings. The zero-order chi connectivity index (χ0) is 12.4. The summed E-state index contributed by atoms with van der Waals surface area (Å²) in [4.78, 5) is 3.95. The van der Waals surface area contributed by atoms with Crippen molar-refractivity contribution in [2.75, 3.05) is 5.73 Å². The van der Waals surface area contributed by atoms with E-state index >= 15 is 0 Å². The summed E-state index contributed by atoms with van der Waals surface area (Å²) in [6, 6.07) is 7.63. The average molecular weight is 230 g/mol. The van der Waals surface area contributed by atoms with Crippen LogP contribution in [0.5, 0.6) is 0 Å². The van der Waals surface area contributed by atoms with Gasteiger partial charge < -0.3 is 11.5 Å². The van der Waals surface area contributed by atoms with Gasteiger partial charge in [0.05, 0.1) is 0 Å². The number of hydrogen-bond acceptors (Lipinski definition) is 3. The van der Waals surface area contributed by atoms with Crippen molar-refractivity contribution in [3.8, 4) is 11.3 Å². The van der Waals surface area contributed by atoms with Crippen molar-refractivity contribution in [2.24, 2.45) is 5.73 Å². The van der Waals surface area contributed by atoms with Crippen molar-refractivity contribution < 1.29 is 4.39 Å². The molecule has 0 bridgehead atoms. The van der Waals surface area contributed by atoms with Crippen molar-refractivity contribution in [3.63, 3.8) is 0 Å². The van der Waals surface area contributed by atoms with Gasteiger partial charge in [0.25, 0.3) is 0 Å². The highest BCUT2D eigenvalue weighted by atomic mass is 19.1. The van der Waals surface area contributed by atoms with Gasteiger partial charge in [-0.25, -0.2) is 4.39 Å². The number of amidine groups is 1. The fourth-order valence-corrected chi connectivity index (χ4v) is 1.53. The lowest BCUT2D eigenvalue weighted by Crippen LogP contribution is -2.13. The number of benzene rings is 1. The maximum Gasteiger partial charge on any atom is 0.149 e. The van der Waals surface area contributed by atoms with Crippen LogP contribution in [0.4, 0.5) is 10.1 Å². The molecule has 1 aromatic carbocycles. The SMILES string of the molecule is N=C(N)c1cc(-c2ncccc2F)ccc1N. The van der Waals surface area contributed by atoms with Gasteiger partial charge in [-0.3, -0.25) is 10.4 Å². The second kappa shape index (κ2) is 4.21. The van der Waals surface area contributed by atoms with E-state index in [-0.39, 0.29) is 11.5 Å². The molecule has 1 aromatic heterocycles. The number of aromatic nitrogens is 1. The second-order valence-electron chi connectivity index (χ2n) is 3.55. The summed E-state index contributed by atoms with van der Waals surface area (Å²) in [5, 5.41) is 7.37. The highest BCUT2D eigenvalue weighted by molar-refractivity contribution is 6.00. The summed E-state index contributed by atoms with van der Waals surface area (Å²) in [7, 11) is 0. The maximum absolute atomic E-state index is 13.5. The number of nitrogens with one attached hydrogen (secondary N) is 1. The van der Waals surface area contributed by atoms with Gasteiger partial charge >= 0.3 is 0 Å². The van der Waals surface area contributed by atoms with Crippen molar-refractivity contribution in [1.82, 2.24) is 4.98 Å². The third kappa shape index (κ3) is 2.08. The normalized spacial score (nSPS) is 10.2. The van der Waals surface area contributed by atoms with Crippen LogP contribution in [-0.2, 0) is 0 Å². The predicted molar refractivity (Wildman–Crippen MR) is 65.1 cm³/mol. The molecule has 0 unspecified atom stereocenters. The molecule has 2 rings (SSSR count). The van der Waals surface area contributed by atoms with Gasteiger partial charge in [-0.15, -0.1) is 0 Å². The Labute approximate surface area is 97.6 Å². The Morgan fingerprint density at radius 2 is 2.06 bits per heavy atom. The predicted octanol–water partition coefficient (Wildman–Crippen LogP) is 1.75. The molecule has 86 valence electrons. The Balaban J connectivity index is 2.58. The summed E-state index contributed by atoms with van der Waals surface area (Å²) in [5.74, 6) is -0.576. The first-order valence-electron chi connectivity index (χ1n) is 4.94. The third-order valence-electron chi connectivity index (χ3n) is 2.38. The molecule has 5 heteroatoms. The van der Waals surface area contributed by atoms with Crippen molar-refractivity contribution in [2.45, 2.75) is 0 Å². The van der Waals surface area contributed by atoms with Gasteiger partial charge in [0, 0.05) is 23.0 Å². The standard InChI is InChI=1S/C12H11FN4/c13-9-2-1-5-17-11(9)7-3-4-10(14)8(6-7)12(15)16/h1-6H,14H2,(H3,15,16). The molecule has 0 amide bonds. The zero-order valence-corrected chi connectivity index (χ0v) is 8.94. The Morgan fingerprint density at radius 3 is 2.71 bits per heavy atom. The Morgan fingerprint density at radius 1 is 1.29 bits per heavy atom. The number of nitrogens with zero attached hydrogens (tertiary/aromatic N) is 1. The molecular weight excluding hydrogens is 219 g/mol. The minimum Gasteiger partial charge on any atom is -0.398 e. The van der Waals surface area contributed by atoms with Crippen LogP contribution in [0.15, 0.2) is 36.5 Å². The summed E-state index contributed by atoms with van der Waals surface area (Å²) in [6.45, 7) is 0. The van der Waals surface area contributed by atoms with Crippen LogP contribution in [0.1, 0.15) is 5.56 Å². The van der Waals surface area contributed by atoms with E-state index < -0.39 is 5.82 Å². The number of nitrogens with two attached hydrogens (primary N) is 2. The molecule has 0 aliphatic rings. The van der Waals surface area contributed by atoms with Crippen LogP contribution >= 0.6 is 0 Å². The number of rotatable bonds is 2. The molecular formula is C12H11FN4.